The highest BCUT2D eigenvalue weighted by Gasteiger charge is 2.18. The molecule has 2 nitrogen and oxygen atoms in total. The number of hydrogen-bond acceptors (Lipinski definition) is 2. The van der Waals surface area contributed by atoms with E-state index in [0.29, 0.717) is 6.61 Å². The van der Waals surface area contributed by atoms with Gasteiger partial charge in [0.2, 0.25) is 0 Å². The van der Waals surface area contributed by atoms with Gasteiger partial charge in [0, 0.05) is 0 Å². The van der Waals surface area contributed by atoms with Crippen molar-refractivity contribution in [1.29, 1.82) is 0 Å². The molecule has 2 aromatic carbocycles. The van der Waals surface area contributed by atoms with Crippen molar-refractivity contribution >= 4 is 0 Å². The number of ether oxygens (including phenoxy) is 1. The molecule has 0 aliphatic heterocycles. The molecule has 0 amide bonds. The van der Waals surface area contributed by atoms with Crippen molar-refractivity contribution in [3.8, 4) is 5.75 Å². The van der Waals surface area contributed by atoms with Gasteiger partial charge in [0.05, 0.1) is 6.10 Å². The molecule has 0 spiro atoms. The summed E-state index contributed by atoms with van der Waals surface area (Å²) in [5, 5.41) is 10.1. The minimum Gasteiger partial charge on any atom is -0.489 e. The first-order valence-electron chi connectivity index (χ1n) is 7.63. The molecule has 0 saturated heterocycles. The number of aliphatic hydroxyl groups is 1. The normalized spacial score (nSPS) is 17.4. The van der Waals surface area contributed by atoms with Gasteiger partial charge in [0.1, 0.15) is 12.4 Å². The first-order valence-corrected chi connectivity index (χ1v) is 7.63. The average molecular weight is 282 g/mol. The van der Waals surface area contributed by atoms with Gasteiger partial charge in [0.25, 0.3) is 0 Å². The van der Waals surface area contributed by atoms with Crippen LogP contribution in [-0.4, -0.2) is 5.11 Å². The molecule has 110 valence electrons. The number of aliphatic hydroxyl groups excluding tert-OH is 1. The van der Waals surface area contributed by atoms with Crippen LogP contribution in [0.1, 0.15) is 46.8 Å². The second-order valence-electron chi connectivity index (χ2n) is 6.05. The zero-order valence-electron chi connectivity index (χ0n) is 12.7. The monoisotopic (exact) mass is 282 g/mol. The lowest BCUT2D eigenvalue weighted by molar-refractivity contribution is 0.156. The van der Waals surface area contributed by atoms with Gasteiger partial charge in [-0.25, -0.2) is 0 Å². The van der Waals surface area contributed by atoms with Crippen LogP contribution < -0.4 is 4.74 Å². The van der Waals surface area contributed by atoms with Crippen LogP contribution in [0.2, 0.25) is 0 Å². The van der Waals surface area contributed by atoms with Crippen LogP contribution >= 0.6 is 0 Å². The molecule has 0 radical (unpaired) electrons. The Bertz CT molecular complexity index is 626. The fraction of sp³-hybridized carbons (Fsp3) is 0.368. The summed E-state index contributed by atoms with van der Waals surface area (Å²) >= 11 is 0. The Labute approximate surface area is 126 Å². The molecule has 3 rings (SSSR count). The highest BCUT2D eigenvalue weighted by atomic mass is 16.5. The quantitative estimate of drug-likeness (QED) is 0.911. The third-order valence-corrected chi connectivity index (χ3v) is 4.09. The van der Waals surface area contributed by atoms with Crippen molar-refractivity contribution in [3.05, 3.63) is 64.2 Å². The summed E-state index contributed by atoms with van der Waals surface area (Å²) in [5.74, 6) is 0.842. The summed E-state index contributed by atoms with van der Waals surface area (Å²) in [6.07, 6.45) is 2.65. The molecule has 21 heavy (non-hydrogen) atoms. The molecule has 0 saturated carbocycles. The number of benzene rings is 2. The fourth-order valence-corrected chi connectivity index (χ4v) is 3.16. The predicted molar refractivity (Wildman–Crippen MR) is 84.6 cm³/mol. The van der Waals surface area contributed by atoms with E-state index >= 15 is 0 Å². The second kappa shape index (κ2) is 5.90. The molecule has 1 aliphatic carbocycles. The second-order valence-corrected chi connectivity index (χ2v) is 6.05. The van der Waals surface area contributed by atoms with E-state index in [1.807, 2.05) is 12.1 Å². The third-order valence-electron chi connectivity index (χ3n) is 4.09. The molecule has 2 heteroatoms. The summed E-state index contributed by atoms with van der Waals surface area (Å²) in [7, 11) is 0. The smallest absolute Gasteiger partial charge is 0.120 e. The Balaban J connectivity index is 1.75. The molecule has 0 heterocycles. The maximum atomic E-state index is 10.1. The number of rotatable bonds is 3. The van der Waals surface area contributed by atoms with E-state index in [9.17, 15) is 5.11 Å². The van der Waals surface area contributed by atoms with Crippen molar-refractivity contribution in [2.75, 3.05) is 0 Å². The average Bonchev–Trinajstić information content (AvgIpc) is 2.45. The predicted octanol–water partition coefficient (Wildman–Crippen LogP) is 4.25. The lowest BCUT2D eigenvalue weighted by Gasteiger charge is -2.22. The Morgan fingerprint density at radius 3 is 2.62 bits per heavy atom. The van der Waals surface area contributed by atoms with Crippen molar-refractivity contribution in [1.82, 2.24) is 0 Å². The molecule has 1 atom stereocenters. The summed E-state index contributed by atoms with van der Waals surface area (Å²) in [6.45, 7) is 4.77. The zero-order chi connectivity index (χ0) is 14.8. The summed E-state index contributed by atoms with van der Waals surface area (Å²) < 4.78 is 5.91. The fourth-order valence-electron chi connectivity index (χ4n) is 3.16. The number of hydrogen-bond donors (Lipinski definition) is 1. The zero-order valence-corrected chi connectivity index (χ0v) is 12.7. The third kappa shape index (κ3) is 3.27. The highest BCUT2D eigenvalue weighted by Crippen LogP contribution is 2.32. The number of aryl methyl sites for hydroxylation is 3. The molecular formula is C19H22O2. The van der Waals surface area contributed by atoms with Crippen molar-refractivity contribution in [2.24, 2.45) is 0 Å². The van der Waals surface area contributed by atoms with E-state index in [1.54, 1.807) is 0 Å². The molecule has 0 fully saturated rings. The summed E-state index contributed by atoms with van der Waals surface area (Å²) in [4.78, 5) is 0. The maximum absolute atomic E-state index is 10.1. The molecule has 0 bridgehead atoms. The molecule has 1 aliphatic rings. The van der Waals surface area contributed by atoms with Crippen molar-refractivity contribution in [2.45, 2.75) is 45.8 Å². The molecule has 1 N–H and O–H groups in total. The van der Waals surface area contributed by atoms with Gasteiger partial charge in [-0.1, -0.05) is 35.4 Å². The summed E-state index contributed by atoms with van der Waals surface area (Å²) in [5.41, 5.74) is 6.00. The van der Waals surface area contributed by atoms with Crippen LogP contribution in [0.5, 0.6) is 5.75 Å². The van der Waals surface area contributed by atoms with Crippen molar-refractivity contribution in [3.63, 3.8) is 0 Å². The Morgan fingerprint density at radius 1 is 1.10 bits per heavy atom. The molecule has 0 aromatic heterocycles. The van der Waals surface area contributed by atoms with Gasteiger partial charge in [-0.15, -0.1) is 0 Å². The lowest BCUT2D eigenvalue weighted by atomic mass is 9.89. The molecular weight excluding hydrogens is 260 g/mol. The van der Waals surface area contributed by atoms with Crippen LogP contribution in [-0.2, 0) is 13.0 Å². The van der Waals surface area contributed by atoms with Gasteiger partial charge in [0.15, 0.2) is 0 Å². The van der Waals surface area contributed by atoms with E-state index in [2.05, 4.69) is 38.1 Å². The van der Waals surface area contributed by atoms with E-state index in [4.69, 9.17) is 4.74 Å². The topological polar surface area (TPSA) is 29.5 Å². The van der Waals surface area contributed by atoms with Gasteiger partial charge in [-0.05, 0) is 61.9 Å². The van der Waals surface area contributed by atoms with Gasteiger partial charge in [-0.2, -0.15) is 0 Å². The van der Waals surface area contributed by atoms with Crippen molar-refractivity contribution < 1.29 is 9.84 Å². The van der Waals surface area contributed by atoms with Crippen LogP contribution in [0.15, 0.2) is 36.4 Å². The largest absolute Gasteiger partial charge is 0.489 e. The Hall–Kier alpha value is -1.80. The Kier molecular flexibility index (Phi) is 3.98. The van der Waals surface area contributed by atoms with Gasteiger partial charge < -0.3 is 9.84 Å². The minimum absolute atomic E-state index is 0.335. The van der Waals surface area contributed by atoms with Gasteiger partial charge >= 0.3 is 0 Å². The van der Waals surface area contributed by atoms with Crippen LogP contribution in [0.4, 0.5) is 0 Å². The van der Waals surface area contributed by atoms with Crippen LogP contribution in [0.25, 0.3) is 0 Å². The molecule has 2 aromatic rings. The minimum atomic E-state index is -0.335. The van der Waals surface area contributed by atoms with E-state index < -0.39 is 0 Å². The maximum Gasteiger partial charge on any atom is 0.120 e. The number of fused-ring (bicyclic) bond motifs is 1. The van der Waals surface area contributed by atoms with Crippen LogP contribution in [0, 0.1) is 13.8 Å². The standard InChI is InChI=1S/C19H22O2/c1-13-8-14(2)10-15(9-13)12-21-17-7-6-16-4-3-5-19(20)18(16)11-17/h6-11,19-20H,3-5,12H2,1-2H3. The first-order chi connectivity index (χ1) is 10.1. The summed E-state index contributed by atoms with van der Waals surface area (Å²) in [6, 6.07) is 12.6. The van der Waals surface area contributed by atoms with E-state index in [-0.39, 0.29) is 6.10 Å². The highest BCUT2D eigenvalue weighted by molar-refractivity contribution is 5.38. The van der Waals surface area contributed by atoms with E-state index in [0.717, 1.165) is 30.6 Å². The van der Waals surface area contributed by atoms with E-state index in [1.165, 1.54) is 22.3 Å². The SMILES string of the molecule is Cc1cc(C)cc(COc2ccc3c(c2)C(O)CCC3)c1. The first kappa shape index (κ1) is 14.2. The lowest BCUT2D eigenvalue weighted by Crippen LogP contribution is -2.09. The van der Waals surface area contributed by atoms with Crippen LogP contribution in [0.3, 0.4) is 0 Å². The van der Waals surface area contributed by atoms with Gasteiger partial charge in [-0.3, -0.25) is 0 Å². The Morgan fingerprint density at radius 2 is 1.86 bits per heavy atom. The molecule has 1 unspecified atom stereocenters.